The van der Waals surface area contributed by atoms with Gasteiger partial charge in [-0.2, -0.15) is 0 Å². The number of aromatic nitrogens is 2. The predicted molar refractivity (Wildman–Crippen MR) is 130 cm³/mol. The minimum absolute atomic E-state index is 0.140. The van der Waals surface area contributed by atoms with Crippen LogP contribution in [0, 0.1) is 0 Å². The lowest BCUT2D eigenvalue weighted by molar-refractivity contribution is -0.131. The molecular formula is C25H24N6O4. The lowest BCUT2D eigenvalue weighted by Crippen LogP contribution is -2.43. The summed E-state index contributed by atoms with van der Waals surface area (Å²) in [7, 11) is 0. The standard InChI is InChI=1S/C25H24N6O4/c1-12(32)28-14-10-18(27-11-14)25(35)31-19(33)9-13-5-4-8-17-20(13)21(24(26)34)23-22(30-17)15-6-2-3-7-16(15)29-23/h2-8,14,18,27,29H,9-11H2,1H3,(H2,26,34)(H,28,32)(H,31,33,35)/t14?,18-/m0/s1. The Morgan fingerprint density at radius 3 is 2.69 bits per heavy atom. The molecule has 0 bridgehead atoms. The fraction of sp³-hybridized carbons (Fsp3) is 0.240. The molecule has 6 N–H and O–H groups in total. The molecular weight excluding hydrogens is 448 g/mol. The van der Waals surface area contributed by atoms with Crippen LogP contribution in [0.2, 0.25) is 0 Å². The van der Waals surface area contributed by atoms with Crippen molar-refractivity contribution in [2.24, 2.45) is 5.73 Å². The highest BCUT2D eigenvalue weighted by Crippen LogP contribution is 2.32. The van der Waals surface area contributed by atoms with Crippen LogP contribution in [-0.2, 0) is 20.8 Å². The monoisotopic (exact) mass is 472 g/mol. The van der Waals surface area contributed by atoms with E-state index in [0.29, 0.717) is 40.5 Å². The van der Waals surface area contributed by atoms with E-state index in [2.05, 4.69) is 20.9 Å². The second-order valence-electron chi connectivity index (χ2n) is 8.74. The van der Waals surface area contributed by atoms with Crippen molar-refractivity contribution in [3.8, 4) is 0 Å². The number of imide groups is 1. The second kappa shape index (κ2) is 8.80. The molecule has 3 heterocycles. The van der Waals surface area contributed by atoms with Gasteiger partial charge in [0.05, 0.1) is 34.6 Å². The van der Waals surface area contributed by atoms with E-state index in [1.54, 1.807) is 18.2 Å². The van der Waals surface area contributed by atoms with Crippen molar-refractivity contribution in [2.45, 2.75) is 31.8 Å². The Balaban J connectivity index is 1.45. The van der Waals surface area contributed by atoms with E-state index in [0.717, 1.165) is 10.9 Å². The van der Waals surface area contributed by atoms with E-state index in [1.165, 1.54) is 6.92 Å². The van der Waals surface area contributed by atoms with Crippen LogP contribution >= 0.6 is 0 Å². The van der Waals surface area contributed by atoms with Crippen LogP contribution in [-0.4, -0.2) is 52.2 Å². The van der Waals surface area contributed by atoms with Crippen molar-refractivity contribution in [1.82, 2.24) is 25.9 Å². The number of nitrogens with zero attached hydrogens (tertiary/aromatic N) is 1. The van der Waals surface area contributed by atoms with Gasteiger partial charge in [0.1, 0.15) is 0 Å². The van der Waals surface area contributed by atoms with E-state index < -0.39 is 23.8 Å². The minimum atomic E-state index is -0.642. The van der Waals surface area contributed by atoms with Gasteiger partial charge in [0.15, 0.2) is 0 Å². The highest BCUT2D eigenvalue weighted by molar-refractivity contribution is 6.21. The summed E-state index contributed by atoms with van der Waals surface area (Å²) in [6.45, 7) is 1.86. The molecule has 1 aliphatic heterocycles. The summed E-state index contributed by atoms with van der Waals surface area (Å²) in [5.74, 6) is -1.79. The number of nitrogens with two attached hydrogens (primary N) is 1. The van der Waals surface area contributed by atoms with Gasteiger partial charge in [0.25, 0.3) is 5.91 Å². The Labute approximate surface area is 199 Å². The Morgan fingerprint density at radius 2 is 1.91 bits per heavy atom. The molecule has 1 unspecified atom stereocenters. The third kappa shape index (κ3) is 4.19. The fourth-order valence-corrected chi connectivity index (χ4v) is 4.81. The van der Waals surface area contributed by atoms with Crippen molar-refractivity contribution < 1.29 is 19.2 Å². The summed E-state index contributed by atoms with van der Waals surface area (Å²) in [6, 6.07) is 12.1. The van der Waals surface area contributed by atoms with Crippen LogP contribution in [0.3, 0.4) is 0 Å². The minimum Gasteiger partial charge on any atom is -0.366 e. The number of H-pyrrole nitrogens is 1. The molecule has 0 saturated carbocycles. The summed E-state index contributed by atoms with van der Waals surface area (Å²) in [5.41, 5.74) is 9.07. The summed E-state index contributed by atoms with van der Waals surface area (Å²) in [6.07, 6.45) is 0.250. The summed E-state index contributed by atoms with van der Waals surface area (Å²) < 4.78 is 0. The third-order valence-corrected chi connectivity index (χ3v) is 6.25. The maximum Gasteiger partial charge on any atom is 0.251 e. The molecule has 0 aliphatic carbocycles. The quantitative estimate of drug-likeness (QED) is 0.292. The SMILES string of the molecule is CC(=O)NC1CN[C@H](C(=O)NC(=O)Cc2cccc3nc4c([nH]c5ccccc54)c(C(N)=O)c23)C1. The van der Waals surface area contributed by atoms with E-state index >= 15 is 0 Å². The molecule has 2 atom stereocenters. The topological polar surface area (TPSA) is 159 Å². The molecule has 10 nitrogen and oxygen atoms in total. The Bertz CT molecular complexity index is 1530. The molecule has 0 spiro atoms. The Kier molecular flexibility index (Phi) is 5.65. The molecule has 10 heteroatoms. The normalized spacial score (nSPS) is 17.6. The second-order valence-corrected chi connectivity index (χ2v) is 8.74. The average molecular weight is 473 g/mol. The smallest absolute Gasteiger partial charge is 0.251 e. The van der Waals surface area contributed by atoms with Crippen molar-refractivity contribution in [3.63, 3.8) is 0 Å². The number of fused-ring (bicyclic) bond motifs is 4. The van der Waals surface area contributed by atoms with Gasteiger partial charge in [-0.05, 0) is 24.1 Å². The first-order valence-corrected chi connectivity index (χ1v) is 11.3. The number of rotatable bonds is 5. The Hall–Kier alpha value is -4.31. The zero-order valence-electron chi connectivity index (χ0n) is 19.0. The Morgan fingerprint density at radius 1 is 1.11 bits per heavy atom. The molecule has 35 heavy (non-hydrogen) atoms. The van der Waals surface area contributed by atoms with E-state index in [1.807, 2.05) is 24.3 Å². The molecule has 1 aliphatic rings. The van der Waals surface area contributed by atoms with E-state index in [9.17, 15) is 19.2 Å². The van der Waals surface area contributed by atoms with Crippen LogP contribution in [0.4, 0.5) is 0 Å². The van der Waals surface area contributed by atoms with Gasteiger partial charge in [-0.1, -0.05) is 30.3 Å². The number of benzene rings is 2. The van der Waals surface area contributed by atoms with Crippen LogP contribution < -0.4 is 21.7 Å². The van der Waals surface area contributed by atoms with E-state index in [-0.39, 0.29) is 23.9 Å². The lowest BCUT2D eigenvalue weighted by atomic mass is 9.98. The van der Waals surface area contributed by atoms with Gasteiger partial charge in [0, 0.05) is 35.8 Å². The largest absolute Gasteiger partial charge is 0.366 e. The van der Waals surface area contributed by atoms with Crippen molar-refractivity contribution >= 4 is 56.5 Å². The number of para-hydroxylation sites is 1. The van der Waals surface area contributed by atoms with Gasteiger partial charge in [-0.25, -0.2) is 4.98 Å². The summed E-state index contributed by atoms with van der Waals surface area (Å²) in [5, 5.41) is 9.53. The van der Waals surface area contributed by atoms with Crippen molar-refractivity contribution in [1.29, 1.82) is 0 Å². The molecule has 4 amide bonds. The number of hydrogen-bond donors (Lipinski definition) is 5. The number of nitrogens with one attached hydrogen (secondary N) is 4. The van der Waals surface area contributed by atoms with Gasteiger partial charge >= 0.3 is 0 Å². The number of amides is 4. The molecule has 1 fully saturated rings. The van der Waals surface area contributed by atoms with Crippen molar-refractivity contribution in [2.75, 3.05) is 6.54 Å². The number of aromatic amines is 1. The zero-order chi connectivity index (χ0) is 24.7. The lowest BCUT2D eigenvalue weighted by Gasteiger charge is -2.13. The molecule has 5 rings (SSSR count). The van der Waals surface area contributed by atoms with E-state index in [4.69, 9.17) is 10.7 Å². The predicted octanol–water partition coefficient (Wildman–Crippen LogP) is 1.02. The number of primary amides is 1. The van der Waals surface area contributed by atoms with Crippen LogP contribution in [0.5, 0.6) is 0 Å². The molecule has 2 aromatic carbocycles. The van der Waals surface area contributed by atoms with Gasteiger partial charge in [0.2, 0.25) is 17.7 Å². The first-order chi connectivity index (χ1) is 16.8. The van der Waals surface area contributed by atoms with Gasteiger partial charge in [-0.3, -0.25) is 24.5 Å². The number of hydrogen-bond acceptors (Lipinski definition) is 6. The maximum atomic E-state index is 12.8. The molecule has 2 aromatic heterocycles. The van der Waals surface area contributed by atoms with Crippen molar-refractivity contribution in [3.05, 3.63) is 53.6 Å². The first kappa shape index (κ1) is 22.5. The average Bonchev–Trinajstić information content (AvgIpc) is 3.41. The molecule has 0 radical (unpaired) electrons. The van der Waals surface area contributed by atoms with Gasteiger partial charge in [-0.15, -0.1) is 0 Å². The number of carbonyl (C=O) groups is 4. The first-order valence-electron chi connectivity index (χ1n) is 11.3. The highest BCUT2D eigenvalue weighted by Gasteiger charge is 2.31. The zero-order valence-corrected chi connectivity index (χ0v) is 19.0. The highest BCUT2D eigenvalue weighted by atomic mass is 16.2. The third-order valence-electron chi connectivity index (χ3n) is 6.25. The molecule has 178 valence electrons. The molecule has 4 aromatic rings. The van der Waals surface area contributed by atoms with Crippen LogP contribution in [0.1, 0.15) is 29.3 Å². The molecule has 1 saturated heterocycles. The fourth-order valence-electron chi connectivity index (χ4n) is 4.81. The maximum absolute atomic E-state index is 12.8. The summed E-state index contributed by atoms with van der Waals surface area (Å²) >= 11 is 0. The van der Waals surface area contributed by atoms with Gasteiger partial charge < -0.3 is 21.4 Å². The number of carbonyl (C=O) groups excluding carboxylic acids is 4. The summed E-state index contributed by atoms with van der Waals surface area (Å²) in [4.78, 5) is 57.2. The number of pyridine rings is 1. The van der Waals surface area contributed by atoms with Crippen LogP contribution in [0.15, 0.2) is 42.5 Å². The van der Waals surface area contributed by atoms with Crippen LogP contribution in [0.25, 0.3) is 32.8 Å².